The van der Waals surface area contributed by atoms with Crippen LogP contribution in [0.5, 0.6) is 0 Å². The number of amides is 1. The number of fused-ring (bicyclic) bond motifs is 1. The number of para-hydroxylation sites is 2. The average Bonchev–Trinajstić information content (AvgIpc) is 2.96. The zero-order valence-corrected chi connectivity index (χ0v) is 13.0. The van der Waals surface area contributed by atoms with Crippen molar-refractivity contribution in [3.8, 4) is 0 Å². The monoisotopic (exact) mass is 306 g/mol. The number of hydrogen-bond acceptors (Lipinski definition) is 3. The molecule has 0 spiro atoms. The van der Waals surface area contributed by atoms with Crippen LogP contribution in [0.25, 0.3) is 0 Å². The van der Waals surface area contributed by atoms with Gasteiger partial charge in [0, 0.05) is 24.1 Å². The van der Waals surface area contributed by atoms with Crippen molar-refractivity contribution in [1.29, 1.82) is 0 Å². The van der Waals surface area contributed by atoms with Gasteiger partial charge in [0.1, 0.15) is 0 Å². The predicted molar refractivity (Wildman–Crippen MR) is 91.3 cm³/mol. The Hall–Kier alpha value is -2.88. The van der Waals surface area contributed by atoms with Crippen molar-refractivity contribution in [2.45, 2.75) is 13.3 Å². The van der Waals surface area contributed by atoms with Gasteiger partial charge in [-0.25, -0.2) is 0 Å². The fraction of sp³-hybridized carbons (Fsp3) is 0.158. The molecule has 1 amide bonds. The highest BCUT2D eigenvalue weighted by atomic mass is 16.2. The molecule has 1 aliphatic heterocycles. The Morgan fingerprint density at radius 2 is 1.74 bits per heavy atom. The standard InChI is InChI=1S/C19H18N2O2/c1-14(22)17(19(23)20-16-8-3-2-4-9-16)13-21-12-11-15-7-5-6-10-18(15)21/h2-10,13H,11-12H2,1H3,(H,20,23)/b17-13+. The maximum atomic E-state index is 12.4. The smallest absolute Gasteiger partial charge is 0.260 e. The lowest BCUT2D eigenvalue weighted by Crippen LogP contribution is -2.23. The fourth-order valence-corrected chi connectivity index (χ4v) is 2.68. The number of anilines is 2. The van der Waals surface area contributed by atoms with Crippen LogP contribution in [0.1, 0.15) is 12.5 Å². The van der Waals surface area contributed by atoms with E-state index in [1.807, 2.05) is 41.3 Å². The predicted octanol–water partition coefficient (Wildman–Crippen LogP) is 3.16. The summed E-state index contributed by atoms with van der Waals surface area (Å²) in [7, 11) is 0. The van der Waals surface area contributed by atoms with Gasteiger partial charge in [-0.1, -0.05) is 36.4 Å². The highest BCUT2D eigenvalue weighted by Crippen LogP contribution is 2.28. The fourth-order valence-electron chi connectivity index (χ4n) is 2.68. The minimum atomic E-state index is -0.381. The molecule has 2 aromatic carbocycles. The summed E-state index contributed by atoms with van der Waals surface area (Å²) in [6.07, 6.45) is 2.57. The minimum absolute atomic E-state index is 0.158. The molecule has 4 nitrogen and oxygen atoms in total. The second kappa shape index (κ2) is 6.48. The number of carbonyl (C=O) groups excluding carboxylic acids is 2. The molecule has 0 radical (unpaired) electrons. The van der Waals surface area contributed by atoms with E-state index in [9.17, 15) is 9.59 Å². The summed E-state index contributed by atoms with van der Waals surface area (Å²) >= 11 is 0. The number of ketones is 1. The topological polar surface area (TPSA) is 49.4 Å². The van der Waals surface area contributed by atoms with E-state index < -0.39 is 0 Å². The van der Waals surface area contributed by atoms with Crippen LogP contribution in [-0.4, -0.2) is 18.2 Å². The van der Waals surface area contributed by atoms with Gasteiger partial charge in [0.2, 0.25) is 0 Å². The number of nitrogens with one attached hydrogen (secondary N) is 1. The van der Waals surface area contributed by atoms with Crippen LogP contribution in [0, 0.1) is 0 Å². The van der Waals surface area contributed by atoms with Crippen LogP contribution in [0.3, 0.4) is 0 Å². The van der Waals surface area contributed by atoms with Gasteiger partial charge in [-0.2, -0.15) is 0 Å². The highest BCUT2D eigenvalue weighted by Gasteiger charge is 2.21. The molecule has 1 N–H and O–H groups in total. The molecule has 4 heteroatoms. The van der Waals surface area contributed by atoms with E-state index >= 15 is 0 Å². The SMILES string of the molecule is CC(=O)/C(=C\N1CCc2ccccc21)C(=O)Nc1ccccc1. The summed E-state index contributed by atoms with van der Waals surface area (Å²) in [6.45, 7) is 2.19. The van der Waals surface area contributed by atoms with Crippen molar-refractivity contribution in [3.05, 3.63) is 71.9 Å². The molecule has 3 rings (SSSR count). The van der Waals surface area contributed by atoms with E-state index in [2.05, 4.69) is 11.4 Å². The minimum Gasteiger partial charge on any atom is -0.346 e. The quantitative estimate of drug-likeness (QED) is 0.536. The largest absolute Gasteiger partial charge is 0.346 e. The normalized spacial score (nSPS) is 13.6. The Kier molecular flexibility index (Phi) is 4.24. The molecule has 0 aromatic heterocycles. The third-order valence-electron chi connectivity index (χ3n) is 3.86. The van der Waals surface area contributed by atoms with Crippen LogP contribution in [0.15, 0.2) is 66.4 Å². The summed E-state index contributed by atoms with van der Waals surface area (Å²) in [4.78, 5) is 26.3. The molecule has 0 unspecified atom stereocenters. The van der Waals surface area contributed by atoms with Crippen LogP contribution >= 0.6 is 0 Å². The lowest BCUT2D eigenvalue weighted by Gasteiger charge is -2.16. The molecule has 0 atom stereocenters. The van der Waals surface area contributed by atoms with Gasteiger partial charge in [0.05, 0.1) is 5.57 Å². The second-order valence-electron chi connectivity index (χ2n) is 5.49. The molecule has 1 heterocycles. The molecule has 0 aliphatic carbocycles. The van der Waals surface area contributed by atoms with Gasteiger partial charge < -0.3 is 10.2 Å². The van der Waals surface area contributed by atoms with E-state index in [0.29, 0.717) is 5.69 Å². The molecule has 1 aliphatic rings. The molecule has 0 fully saturated rings. The first-order chi connectivity index (χ1) is 11.1. The maximum Gasteiger partial charge on any atom is 0.260 e. The lowest BCUT2D eigenvalue weighted by atomic mass is 10.1. The van der Waals surface area contributed by atoms with Gasteiger partial charge in [-0.15, -0.1) is 0 Å². The van der Waals surface area contributed by atoms with E-state index in [4.69, 9.17) is 0 Å². The molecular weight excluding hydrogens is 288 g/mol. The third kappa shape index (κ3) is 3.31. The summed E-state index contributed by atoms with van der Waals surface area (Å²) < 4.78 is 0. The van der Waals surface area contributed by atoms with Gasteiger partial charge in [-0.3, -0.25) is 9.59 Å². The van der Waals surface area contributed by atoms with Crippen molar-refractivity contribution >= 4 is 23.1 Å². The molecule has 2 aromatic rings. The van der Waals surface area contributed by atoms with Gasteiger partial charge >= 0.3 is 0 Å². The Bertz CT molecular complexity index is 766. The number of rotatable bonds is 4. The van der Waals surface area contributed by atoms with Crippen LogP contribution in [0.4, 0.5) is 11.4 Å². The Morgan fingerprint density at radius 3 is 2.48 bits per heavy atom. The number of nitrogens with zero attached hydrogens (tertiary/aromatic N) is 1. The zero-order valence-electron chi connectivity index (χ0n) is 13.0. The highest BCUT2D eigenvalue weighted by molar-refractivity contribution is 6.23. The van der Waals surface area contributed by atoms with Crippen LogP contribution < -0.4 is 10.2 Å². The summed E-state index contributed by atoms with van der Waals surface area (Å²) in [5.41, 5.74) is 3.12. The number of Topliss-reactive ketones (excluding diaryl/α,β-unsaturated/α-hetero) is 1. The zero-order chi connectivity index (χ0) is 16.2. The first-order valence-corrected chi connectivity index (χ1v) is 7.59. The molecule has 0 bridgehead atoms. The molecule has 0 saturated carbocycles. The lowest BCUT2D eigenvalue weighted by molar-refractivity contribution is -0.118. The van der Waals surface area contributed by atoms with Crippen molar-refractivity contribution < 1.29 is 9.59 Å². The van der Waals surface area contributed by atoms with Crippen LogP contribution in [-0.2, 0) is 16.0 Å². The Labute approximate surface area is 135 Å². The summed E-state index contributed by atoms with van der Waals surface area (Å²) in [5.74, 6) is -0.629. The average molecular weight is 306 g/mol. The first-order valence-electron chi connectivity index (χ1n) is 7.59. The van der Waals surface area contributed by atoms with Crippen molar-refractivity contribution in [3.63, 3.8) is 0 Å². The van der Waals surface area contributed by atoms with Crippen molar-refractivity contribution in [2.24, 2.45) is 0 Å². The molecule has 116 valence electrons. The van der Waals surface area contributed by atoms with Crippen molar-refractivity contribution in [2.75, 3.05) is 16.8 Å². The summed E-state index contributed by atoms with van der Waals surface area (Å²) in [5, 5.41) is 2.77. The Balaban J connectivity index is 1.85. The number of carbonyl (C=O) groups is 2. The number of hydrogen-bond donors (Lipinski definition) is 1. The van der Waals surface area contributed by atoms with Crippen LogP contribution in [0.2, 0.25) is 0 Å². The molecule has 23 heavy (non-hydrogen) atoms. The first kappa shape index (κ1) is 15.0. The van der Waals surface area contributed by atoms with E-state index in [1.165, 1.54) is 12.5 Å². The van der Waals surface area contributed by atoms with Gasteiger partial charge in [0.15, 0.2) is 5.78 Å². The van der Waals surface area contributed by atoms with E-state index in [0.717, 1.165) is 18.7 Å². The second-order valence-corrected chi connectivity index (χ2v) is 5.49. The third-order valence-corrected chi connectivity index (χ3v) is 3.86. The van der Waals surface area contributed by atoms with E-state index in [-0.39, 0.29) is 17.3 Å². The number of benzene rings is 2. The maximum absolute atomic E-state index is 12.4. The molecule has 0 saturated heterocycles. The van der Waals surface area contributed by atoms with Crippen molar-refractivity contribution in [1.82, 2.24) is 0 Å². The Morgan fingerprint density at radius 1 is 1.04 bits per heavy atom. The van der Waals surface area contributed by atoms with E-state index in [1.54, 1.807) is 18.3 Å². The van der Waals surface area contributed by atoms with Gasteiger partial charge in [-0.05, 0) is 37.1 Å². The molecular formula is C19H18N2O2. The van der Waals surface area contributed by atoms with Gasteiger partial charge in [0.25, 0.3) is 5.91 Å². The summed E-state index contributed by atoms with van der Waals surface area (Å²) in [6, 6.07) is 17.2.